The number of nitrogens with zero attached hydrogens (tertiary/aromatic N) is 1. The Morgan fingerprint density at radius 1 is 1.36 bits per heavy atom. The first kappa shape index (κ1) is 18.8. The molecule has 25 heavy (non-hydrogen) atoms. The van der Waals surface area contributed by atoms with Gasteiger partial charge in [0.15, 0.2) is 6.10 Å². The van der Waals surface area contributed by atoms with Gasteiger partial charge in [0.05, 0.1) is 5.69 Å². The number of anilines is 1. The van der Waals surface area contributed by atoms with Crippen molar-refractivity contribution in [3.63, 3.8) is 0 Å². The van der Waals surface area contributed by atoms with Crippen molar-refractivity contribution in [1.29, 1.82) is 0 Å². The number of fused-ring (bicyclic) bond motifs is 1. The zero-order chi connectivity index (χ0) is 18.6. The van der Waals surface area contributed by atoms with Crippen LogP contribution in [0, 0.1) is 5.92 Å². The lowest BCUT2D eigenvalue weighted by atomic mass is 9.99. The average molecular weight is 348 g/mol. The maximum absolute atomic E-state index is 12.4. The molecule has 0 bridgehead atoms. The summed E-state index contributed by atoms with van der Waals surface area (Å²) in [6.45, 7) is 5.48. The van der Waals surface area contributed by atoms with E-state index in [0.29, 0.717) is 17.9 Å². The molecule has 0 aliphatic carbocycles. The quantitative estimate of drug-likeness (QED) is 0.783. The number of ether oxygens (including phenoxy) is 1. The minimum atomic E-state index is -1.05. The van der Waals surface area contributed by atoms with Crippen LogP contribution in [0.2, 0.25) is 0 Å². The van der Waals surface area contributed by atoms with Crippen LogP contribution in [0.1, 0.15) is 33.6 Å². The smallest absolute Gasteiger partial charge is 0.326 e. The largest absolute Gasteiger partial charge is 0.480 e. The molecular formula is C18H24N2O5. The summed E-state index contributed by atoms with van der Waals surface area (Å²) in [5.41, 5.74) is 0.620. The van der Waals surface area contributed by atoms with E-state index in [1.165, 1.54) is 4.90 Å². The number of rotatable bonds is 7. The van der Waals surface area contributed by atoms with Crippen LogP contribution in [0.4, 0.5) is 5.69 Å². The molecule has 1 aromatic carbocycles. The standard InChI is InChI=1S/C18H24N2O5/c1-4-11(2)16(18(23)24)19-15(21)9-10-20-13-7-5-6-8-14(13)25-12(3)17(20)22/h5-8,11-12,16H,4,9-10H2,1-3H3,(H,19,21)(H,23,24). The third kappa shape index (κ3) is 4.29. The monoisotopic (exact) mass is 348 g/mol. The maximum atomic E-state index is 12.4. The Morgan fingerprint density at radius 2 is 2.04 bits per heavy atom. The second-order valence-electron chi connectivity index (χ2n) is 6.24. The van der Waals surface area contributed by atoms with E-state index in [0.717, 1.165) is 0 Å². The number of benzene rings is 1. The van der Waals surface area contributed by atoms with E-state index < -0.39 is 24.0 Å². The van der Waals surface area contributed by atoms with Gasteiger partial charge in [0.2, 0.25) is 5.91 Å². The molecule has 0 radical (unpaired) electrons. The van der Waals surface area contributed by atoms with E-state index in [-0.39, 0.29) is 24.8 Å². The van der Waals surface area contributed by atoms with Gasteiger partial charge in [-0.05, 0) is 25.0 Å². The minimum Gasteiger partial charge on any atom is -0.480 e. The number of carbonyl (C=O) groups is 3. The molecule has 7 nitrogen and oxygen atoms in total. The molecule has 1 aliphatic heterocycles. The van der Waals surface area contributed by atoms with Gasteiger partial charge in [0.1, 0.15) is 11.8 Å². The molecule has 0 fully saturated rings. The molecule has 1 aliphatic rings. The van der Waals surface area contributed by atoms with Crippen molar-refractivity contribution in [3.8, 4) is 5.75 Å². The molecule has 0 saturated heterocycles. The Bertz CT molecular complexity index is 661. The van der Waals surface area contributed by atoms with Crippen LogP contribution in [-0.4, -0.2) is 41.6 Å². The Balaban J connectivity index is 2.03. The van der Waals surface area contributed by atoms with Crippen molar-refractivity contribution in [1.82, 2.24) is 5.32 Å². The number of carboxylic acid groups (broad SMARTS) is 1. The van der Waals surface area contributed by atoms with Crippen molar-refractivity contribution >= 4 is 23.5 Å². The molecule has 0 saturated carbocycles. The fourth-order valence-corrected chi connectivity index (χ4v) is 2.73. The minimum absolute atomic E-state index is 0.0208. The highest BCUT2D eigenvalue weighted by molar-refractivity contribution is 6.00. The Hall–Kier alpha value is -2.57. The average Bonchev–Trinajstić information content (AvgIpc) is 2.59. The van der Waals surface area contributed by atoms with Gasteiger partial charge in [-0.15, -0.1) is 0 Å². The van der Waals surface area contributed by atoms with Gasteiger partial charge >= 0.3 is 5.97 Å². The number of nitrogens with one attached hydrogen (secondary N) is 1. The third-order valence-electron chi connectivity index (χ3n) is 4.43. The van der Waals surface area contributed by atoms with Crippen molar-refractivity contribution in [2.24, 2.45) is 5.92 Å². The van der Waals surface area contributed by atoms with Gasteiger partial charge in [-0.2, -0.15) is 0 Å². The van der Waals surface area contributed by atoms with E-state index >= 15 is 0 Å². The van der Waals surface area contributed by atoms with Gasteiger partial charge in [-0.3, -0.25) is 9.59 Å². The summed E-state index contributed by atoms with van der Waals surface area (Å²) in [6.07, 6.45) is 0.0433. The van der Waals surface area contributed by atoms with Crippen LogP contribution >= 0.6 is 0 Å². The SMILES string of the molecule is CCC(C)C(NC(=O)CCN1C(=O)C(C)Oc2ccccc21)C(=O)O. The van der Waals surface area contributed by atoms with Crippen molar-refractivity contribution in [2.75, 3.05) is 11.4 Å². The summed E-state index contributed by atoms with van der Waals surface area (Å²) in [4.78, 5) is 37.4. The van der Waals surface area contributed by atoms with Crippen molar-refractivity contribution < 1.29 is 24.2 Å². The second-order valence-corrected chi connectivity index (χ2v) is 6.24. The van der Waals surface area contributed by atoms with Crippen LogP contribution in [0.15, 0.2) is 24.3 Å². The highest BCUT2D eigenvalue weighted by Crippen LogP contribution is 2.33. The number of hydrogen-bond donors (Lipinski definition) is 2. The topological polar surface area (TPSA) is 95.9 Å². The van der Waals surface area contributed by atoms with E-state index in [1.807, 2.05) is 13.0 Å². The highest BCUT2D eigenvalue weighted by Gasteiger charge is 2.32. The van der Waals surface area contributed by atoms with Gasteiger partial charge < -0.3 is 20.1 Å². The third-order valence-corrected chi connectivity index (χ3v) is 4.43. The van der Waals surface area contributed by atoms with E-state index in [4.69, 9.17) is 4.74 Å². The Morgan fingerprint density at radius 3 is 2.68 bits per heavy atom. The first-order valence-corrected chi connectivity index (χ1v) is 8.44. The van der Waals surface area contributed by atoms with E-state index in [9.17, 15) is 19.5 Å². The highest BCUT2D eigenvalue weighted by atomic mass is 16.5. The fourth-order valence-electron chi connectivity index (χ4n) is 2.73. The molecule has 0 aromatic heterocycles. The van der Waals surface area contributed by atoms with Crippen LogP contribution in [0.25, 0.3) is 0 Å². The Labute approximate surface area is 147 Å². The van der Waals surface area contributed by atoms with Crippen molar-refractivity contribution in [2.45, 2.75) is 45.8 Å². The molecule has 3 atom stereocenters. The molecule has 0 spiro atoms. The molecule has 2 amide bonds. The van der Waals surface area contributed by atoms with Gasteiger partial charge in [-0.25, -0.2) is 4.79 Å². The summed E-state index contributed by atoms with van der Waals surface area (Å²) >= 11 is 0. The molecule has 136 valence electrons. The first-order valence-electron chi connectivity index (χ1n) is 8.44. The first-order chi connectivity index (χ1) is 11.8. The number of carboxylic acids is 1. The summed E-state index contributed by atoms with van der Waals surface area (Å²) in [7, 11) is 0. The molecule has 2 rings (SSSR count). The number of carbonyl (C=O) groups excluding carboxylic acids is 2. The fraction of sp³-hybridized carbons (Fsp3) is 0.500. The van der Waals surface area contributed by atoms with Crippen LogP contribution in [0.3, 0.4) is 0 Å². The summed E-state index contributed by atoms with van der Waals surface area (Å²) in [5, 5.41) is 11.8. The maximum Gasteiger partial charge on any atom is 0.326 e. The van der Waals surface area contributed by atoms with E-state index in [1.54, 1.807) is 32.0 Å². The number of para-hydroxylation sites is 2. The molecule has 3 unspecified atom stereocenters. The lowest BCUT2D eigenvalue weighted by Crippen LogP contribution is -2.48. The lowest BCUT2D eigenvalue weighted by Gasteiger charge is -2.33. The van der Waals surface area contributed by atoms with E-state index in [2.05, 4.69) is 5.32 Å². The van der Waals surface area contributed by atoms with Crippen molar-refractivity contribution in [3.05, 3.63) is 24.3 Å². The summed E-state index contributed by atoms with van der Waals surface area (Å²) in [5.74, 6) is -1.24. The predicted molar refractivity (Wildman–Crippen MR) is 92.5 cm³/mol. The second kappa shape index (κ2) is 8.00. The number of aliphatic carboxylic acids is 1. The zero-order valence-corrected chi connectivity index (χ0v) is 14.7. The molecule has 1 heterocycles. The zero-order valence-electron chi connectivity index (χ0n) is 14.7. The van der Waals surface area contributed by atoms with Crippen LogP contribution in [0.5, 0.6) is 5.75 Å². The molecule has 1 aromatic rings. The number of amides is 2. The lowest BCUT2D eigenvalue weighted by molar-refractivity contribution is -0.143. The van der Waals surface area contributed by atoms with Gasteiger partial charge in [0, 0.05) is 13.0 Å². The van der Waals surface area contributed by atoms with Gasteiger partial charge in [-0.1, -0.05) is 32.4 Å². The Kier molecular flexibility index (Phi) is 6.01. The molecule has 7 heteroatoms. The van der Waals surface area contributed by atoms with Crippen LogP contribution in [-0.2, 0) is 14.4 Å². The predicted octanol–water partition coefficient (Wildman–Crippen LogP) is 1.81. The number of hydrogen-bond acceptors (Lipinski definition) is 4. The molecule has 2 N–H and O–H groups in total. The summed E-state index contributed by atoms with van der Waals surface area (Å²) < 4.78 is 5.55. The molecular weight excluding hydrogens is 324 g/mol. The summed E-state index contributed by atoms with van der Waals surface area (Å²) in [6, 6.07) is 6.21. The normalized spacial score (nSPS) is 18.8. The van der Waals surface area contributed by atoms with Crippen LogP contribution < -0.4 is 15.0 Å². The van der Waals surface area contributed by atoms with Gasteiger partial charge in [0.25, 0.3) is 5.91 Å².